The first kappa shape index (κ1) is 26.2. The number of ketones is 1. The molecule has 4 heteroatoms. The number of ether oxygens (including phenoxy) is 1. The summed E-state index contributed by atoms with van der Waals surface area (Å²) in [4.78, 5) is 16.5. The predicted molar refractivity (Wildman–Crippen MR) is 155 cm³/mol. The fourth-order valence-electron chi connectivity index (χ4n) is 5.62. The van der Waals surface area contributed by atoms with E-state index < -0.39 is 5.60 Å². The number of hydrogen-bond acceptors (Lipinski definition) is 4. The van der Waals surface area contributed by atoms with Gasteiger partial charge in [-0.15, -0.1) is 0 Å². The number of anilines is 1. The van der Waals surface area contributed by atoms with E-state index >= 15 is 0 Å². The second kappa shape index (κ2) is 11.6. The molecule has 1 unspecified atom stereocenters. The molecule has 0 bridgehead atoms. The van der Waals surface area contributed by atoms with Crippen molar-refractivity contribution in [3.05, 3.63) is 101 Å². The Bertz CT molecular complexity index is 1380. The van der Waals surface area contributed by atoms with Crippen molar-refractivity contribution in [3.8, 4) is 0 Å². The van der Waals surface area contributed by atoms with Crippen molar-refractivity contribution >= 4 is 22.4 Å². The molecule has 4 nitrogen and oxygen atoms in total. The van der Waals surface area contributed by atoms with Crippen molar-refractivity contribution in [1.82, 2.24) is 0 Å². The maximum absolute atomic E-state index is 14.0. The number of hydrogen-bond donors (Lipinski definition) is 0. The number of carbonyl (C=O) groups excluding carboxylic acids is 1. The van der Waals surface area contributed by atoms with Gasteiger partial charge < -0.3 is 14.1 Å². The highest BCUT2D eigenvalue weighted by molar-refractivity contribution is 6.19. The summed E-state index contributed by atoms with van der Waals surface area (Å²) in [6.45, 7) is 9.21. The van der Waals surface area contributed by atoms with Gasteiger partial charge in [-0.1, -0.05) is 94.6 Å². The summed E-state index contributed by atoms with van der Waals surface area (Å²) in [5, 5.41) is 0.855. The van der Waals surface area contributed by atoms with Gasteiger partial charge >= 0.3 is 0 Å². The van der Waals surface area contributed by atoms with Gasteiger partial charge in [0.15, 0.2) is 17.1 Å². The van der Waals surface area contributed by atoms with Gasteiger partial charge in [-0.3, -0.25) is 4.79 Å². The zero-order valence-corrected chi connectivity index (χ0v) is 23.0. The number of furan rings is 1. The van der Waals surface area contributed by atoms with Crippen LogP contribution in [0.5, 0.6) is 0 Å². The van der Waals surface area contributed by atoms with Crippen molar-refractivity contribution < 1.29 is 13.9 Å². The quantitative estimate of drug-likeness (QED) is 0.180. The Morgan fingerprint density at radius 3 is 2.21 bits per heavy atom. The van der Waals surface area contributed by atoms with Crippen LogP contribution in [0.15, 0.2) is 77.2 Å². The first-order valence-corrected chi connectivity index (χ1v) is 14.3. The molecule has 0 N–H and O–H groups in total. The van der Waals surface area contributed by atoms with Crippen LogP contribution in [0.3, 0.4) is 0 Å². The normalized spacial score (nSPS) is 16.4. The first-order chi connectivity index (χ1) is 18.7. The molecule has 198 valence electrons. The molecule has 0 aliphatic heterocycles. The average Bonchev–Trinajstić information content (AvgIpc) is 3.35. The van der Waals surface area contributed by atoms with Crippen LogP contribution in [0, 0.1) is 0 Å². The van der Waals surface area contributed by atoms with Gasteiger partial charge in [0.25, 0.3) is 0 Å². The molecule has 1 heterocycles. The Hall–Kier alpha value is -3.37. The fraction of sp³-hybridized carbons (Fsp3) is 0.382. The van der Waals surface area contributed by atoms with E-state index in [1.807, 2.05) is 42.5 Å². The molecule has 0 spiro atoms. The minimum atomic E-state index is -0.987. The third-order valence-electron chi connectivity index (χ3n) is 7.70. The molecule has 1 aliphatic rings. The van der Waals surface area contributed by atoms with Gasteiger partial charge in [0.2, 0.25) is 0 Å². The predicted octanol–water partition coefficient (Wildman–Crippen LogP) is 8.49. The second-order valence-electron chi connectivity index (χ2n) is 10.3. The number of nitrogens with zero attached hydrogens (tertiary/aromatic N) is 1. The average molecular weight is 510 g/mol. The Morgan fingerprint density at radius 1 is 0.816 bits per heavy atom. The van der Waals surface area contributed by atoms with E-state index in [1.165, 1.54) is 0 Å². The number of benzene rings is 3. The van der Waals surface area contributed by atoms with Gasteiger partial charge in [0.05, 0.1) is 5.56 Å². The first-order valence-electron chi connectivity index (χ1n) is 14.3. The van der Waals surface area contributed by atoms with Crippen LogP contribution in [-0.4, -0.2) is 25.5 Å². The minimum absolute atomic E-state index is 0.00145. The molecule has 0 radical (unpaired) electrons. The van der Waals surface area contributed by atoms with E-state index in [4.69, 9.17) is 9.15 Å². The maximum Gasteiger partial charge on any atom is 0.197 e. The van der Waals surface area contributed by atoms with E-state index in [0.29, 0.717) is 23.5 Å². The van der Waals surface area contributed by atoms with Gasteiger partial charge in [-0.2, -0.15) is 0 Å². The molecule has 1 aliphatic carbocycles. The van der Waals surface area contributed by atoms with Crippen molar-refractivity contribution in [2.45, 2.75) is 64.9 Å². The third kappa shape index (κ3) is 4.56. The summed E-state index contributed by atoms with van der Waals surface area (Å²) in [7, 11) is 0. The summed E-state index contributed by atoms with van der Waals surface area (Å²) in [6, 6.07) is 24.4. The fourth-order valence-corrected chi connectivity index (χ4v) is 5.62. The summed E-state index contributed by atoms with van der Waals surface area (Å²) in [5.74, 6) is 0.603. The molecule has 0 amide bonds. The summed E-state index contributed by atoms with van der Waals surface area (Å²) in [6.07, 6.45) is 6.54. The van der Waals surface area contributed by atoms with Gasteiger partial charge in [0.1, 0.15) is 5.58 Å². The zero-order valence-electron chi connectivity index (χ0n) is 23.0. The van der Waals surface area contributed by atoms with Crippen LogP contribution >= 0.6 is 0 Å². The summed E-state index contributed by atoms with van der Waals surface area (Å²) >= 11 is 0. The standard InChI is InChI=1S/C34H39NO3/c1-4-7-21-35(22-8-5-2)26-19-20-28-30(24-26)38-33-31(28)32(36)27-17-13-14-18-29(27)34(33,37-23-9-6-3)25-15-11-10-12-16-25/h10-20,24H,4-9,21-23H2,1-3H3. The molecule has 1 aromatic heterocycles. The molecule has 5 rings (SSSR count). The molecule has 0 saturated carbocycles. The SMILES string of the molecule is CCCCOC1(c2ccccc2)c2ccccc2C(=O)c2c1oc1cc(N(CCCC)CCCC)ccc21. The highest BCUT2D eigenvalue weighted by Crippen LogP contribution is 2.50. The maximum atomic E-state index is 14.0. The topological polar surface area (TPSA) is 42.7 Å². The molecule has 1 atom stereocenters. The minimum Gasteiger partial charge on any atom is -0.456 e. The summed E-state index contributed by atoms with van der Waals surface area (Å²) in [5.41, 5.74) is 4.04. The van der Waals surface area contributed by atoms with E-state index in [2.05, 4.69) is 56.0 Å². The summed E-state index contributed by atoms with van der Waals surface area (Å²) < 4.78 is 13.6. The van der Waals surface area contributed by atoms with Crippen molar-refractivity contribution in [1.29, 1.82) is 0 Å². The molecule has 0 fully saturated rings. The Kier molecular flexibility index (Phi) is 7.99. The highest BCUT2D eigenvalue weighted by Gasteiger charge is 2.50. The van der Waals surface area contributed by atoms with Crippen LogP contribution in [0.4, 0.5) is 5.69 Å². The molecular formula is C34H39NO3. The number of unbranched alkanes of at least 4 members (excludes halogenated alkanes) is 3. The zero-order chi connectivity index (χ0) is 26.5. The van der Waals surface area contributed by atoms with Crippen molar-refractivity contribution in [3.63, 3.8) is 0 Å². The lowest BCUT2D eigenvalue weighted by Gasteiger charge is -2.37. The molecule has 3 aromatic carbocycles. The van der Waals surface area contributed by atoms with Crippen LogP contribution < -0.4 is 4.90 Å². The lowest BCUT2D eigenvalue weighted by atomic mass is 9.73. The van der Waals surface area contributed by atoms with E-state index in [-0.39, 0.29) is 5.78 Å². The Morgan fingerprint density at radius 2 is 1.50 bits per heavy atom. The second-order valence-corrected chi connectivity index (χ2v) is 10.3. The Labute approximate surface area is 226 Å². The van der Waals surface area contributed by atoms with Crippen LogP contribution in [0.2, 0.25) is 0 Å². The van der Waals surface area contributed by atoms with Crippen LogP contribution in [0.1, 0.15) is 92.1 Å². The van der Waals surface area contributed by atoms with E-state index in [1.54, 1.807) is 0 Å². The van der Waals surface area contributed by atoms with Crippen molar-refractivity contribution in [2.75, 3.05) is 24.6 Å². The smallest absolute Gasteiger partial charge is 0.197 e. The lowest BCUT2D eigenvalue weighted by Crippen LogP contribution is -2.39. The monoisotopic (exact) mass is 509 g/mol. The number of carbonyl (C=O) groups is 1. The van der Waals surface area contributed by atoms with Crippen molar-refractivity contribution in [2.24, 2.45) is 0 Å². The lowest BCUT2D eigenvalue weighted by molar-refractivity contribution is -0.00515. The van der Waals surface area contributed by atoms with E-state index in [0.717, 1.165) is 79.4 Å². The van der Waals surface area contributed by atoms with Gasteiger partial charge in [-0.05, 0) is 37.0 Å². The molecular weight excluding hydrogens is 470 g/mol. The highest BCUT2D eigenvalue weighted by atomic mass is 16.5. The largest absolute Gasteiger partial charge is 0.456 e. The number of fused-ring (bicyclic) bond motifs is 4. The van der Waals surface area contributed by atoms with Crippen LogP contribution in [-0.2, 0) is 10.3 Å². The number of rotatable bonds is 12. The molecule has 0 saturated heterocycles. The molecule has 4 aromatic rings. The van der Waals surface area contributed by atoms with Gasteiger partial charge in [0, 0.05) is 48.0 Å². The Balaban J connectivity index is 1.73. The van der Waals surface area contributed by atoms with Crippen LogP contribution in [0.25, 0.3) is 11.0 Å². The molecule has 38 heavy (non-hydrogen) atoms. The van der Waals surface area contributed by atoms with Gasteiger partial charge in [-0.25, -0.2) is 0 Å². The third-order valence-corrected chi connectivity index (χ3v) is 7.70. The van der Waals surface area contributed by atoms with E-state index in [9.17, 15) is 4.79 Å².